The molecule has 1 aromatic carbocycles. The lowest BCUT2D eigenvalue weighted by Crippen LogP contribution is -2.56. The summed E-state index contributed by atoms with van der Waals surface area (Å²) < 4.78 is 0. The average molecular weight is 423 g/mol. The molecule has 4 rings (SSSR count). The maximum atomic E-state index is 11.6. The molecule has 2 atom stereocenters. The van der Waals surface area contributed by atoms with Crippen LogP contribution in [0.1, 0.15) is 87.7 Å². The smallest absolute Gasteiger partial charge is 0.145 e. The SMILES string of the molecule is Cc1nc(C2(C)CN(C)C2)c(O)c(-c2ccc(C(C)C)cc2)c1C1CCCC(C)(O)C1. The number of hydrogen-bond acceptors (Lipinski definition) is 4. The zero-order chi connectivity index (χ0) is 22.6. The molecule has 0 bridgehead atoms. The van der Waals surface area contributed by atoms with E-state index >= 15 is 0 Å². The second-order valence-electron chi connectivity index (χ2n) is 11.0. The van der Waals surface area contributed by atoms with Gasteiger partial charge in [0.25, 0.3) is 0 Å². The van der Waals surface area contributed by atoms with Crippen LogP contribution in [-0.2, 0) is 5.41 Å². The molecule has 4 heteroatoms. The van der Waals surface area contributed by atoms with E-state index in [0.29, 0.717) is 18.1 Å². The molecule has 1 aliphatic heterocycles. The number of likely N-dealkylation sites (N-methyl/N-ethyl adjacent to an activating group) is 1. The first-order valence-corrected chi connectivity index (χ1v) is 11.8. The third kappa shape index (κ3) is 4.12. The van der Waals surface area contributed by atoms with Crippen LogP contribution in [0.25, 0.3) is 11.1 Å². The molecule has 1 aromatic heterocycles. The first-order valence-electron chi connectivity index (χ1n) is 11.8. The minimum absolute atomic E-state index is 0.132. The minimum Gasteiger partial charge on any atom is -0.505 e. The Balaban J connectivity index is 1.89. The van der Waals surface area contributed by atoms with Gasteiger partial charge in [0.05, 0.1) is 11.3 Å². The number of pyridine rings is 1. The Morgan fingerprint density at radius 2 is 1.77 bits per heavy atom. The molecule has 2 aromatic rings. The Hall–Kier alpha value is -1.91. The second-order valence-corrected chi connectivity index (χ2v) is 11.0. The Kier molecular flexibility index (Phi) is 5.68. The molecule has 31 heavy (non-hydrogen) atoms. The number of rotatable bonds is 4. The predicted molar refractivity (Wildman–Crippen MR) is 127 cm³/mol. The highest BCUT2D eigenvalue weighted by molar-refractivity contribution is 5.77. The number of likely N-dealkylation sites (tertiary alicyclic amines) is 1. The predicted octanol–water partition coefficient (Wildman–Crippen LogP) is 5.50. The van der Waals surface area contributed by atoms with Gasteiger partial charge in [0.15, 0.2) is 0 Å². The maximum absolute atomic E-state index is 11.6. The van der Waals surface area contributed by atoms with Crippen molar-refractivity contribution in [3.63, 3.8) is 0 Å². The van der Waals surface area contributed by atoms with Crippen LogP contribution in [0, 0.1) is 6.92 Å². The Bertz CT molecular complexity index is 956. The Morgan fingerprint density at radius 1 is 1.13 bits per heavy atom. The molecule has 2 aliphatic rings. The number of aromatic nitrogens is 1. The summed E-state index contributed by atoms with van der Waals surface area (Å²) in [4.78, 5) is 7.26. The van der Waals surface area contributed by atoms with E-state index in [0.717, 1.165) is 60.4 Å². The van der Waals surface area contributed by atoms with Crippen molar-refractivity contribution >= 4 is 0 Å². The first kappa shape index (κ1) is 22.3. The van der Waals surface area contributed by atoms with Gasteiger partial charge in [0.1, 0.15) is 5.75 Å². The average Bonchev–Trinajstić information content (AvgIpc) is 2.67. The van der Waals surface area contributed by atoms with E-state index in [9.17, 15) is 10.2 Å². The van der Waals surface area contributed by atoms with Crippen LogP contribution >= 0.6 is 0 Å². The number of hydrogen-bond donors (Lipinski definition) is 2. The van der Waals surface area contributed by atoms with E-state index in [4.69, 9.17) is 4.98 Å². The molecule has 4 nitrogen and oxygen atoms in total. The van der Waals surface area contributed by atoms with Crippen molar-refractivity contribution < 1.29 is 10.2 Å². The molecule has 2 heterocycles. The largest absolute Gasteiger partial charge is 0.505 e. The number of aryl methyl sites for hydroxylation is 1. The van der Waals surface area contributed by atoms with Crippen molar-refractivity contribution in [1.82, 2.24) is 9.88 Å². The maximum Gasteiger partial charge on any atom is 0.145 e. The Labute approximate surface area is 187 Å². The van der Waals surface area contributed by atoms with Gasteiger partial charge in [-0.3, -0.25) is 4.98 Å². The van der Waals surface area contributed by atoms with Crippen LogP contribution in [0.5, 0.6) is 5.75 Å². The van der Waals surface area contributed by atoms with Gasteiger partial charge in [-0.2, -0.15) is 0 Å². The molecule has 0 radical (unpaired) electrons. The van der Waals surface area contributed by atoms with E-state index in [2.05, 4.69) is 63.9 Å². The van der Waals surface area contributed by atoms with Gasteiger partial charge in [0.2, 0.25) is 0 Å². The molecule has 168 valence electrons. The molecule has 0 amide bonds. The van der Waals surface area contributed by atoms with Gasteiger partial charge in [-0.05, 0) is 75.1 Å². The zero-order valence-electron chi connectivity index (χ0n) is 20.0. The monoisotopic (exact) mass is 422 g/mol. The van der Waals surface area contributed by atoms with Gasteiger partial charge in [-0.25, -0.2) is 0 Å². The van der Waals surface area contributed by atoms with Crippen LogP contribution in [0.15, 0.2) is 24.3 Å². The quantitative estimate of drug-likeness (QED) is 0.683. The summed E-state index contributed by atoms with van der Waals surface area (Å²) in [6.07, 6.45) is 3.57. The second kappa shape index (κ2) is 7.90. The van der Waals surface area contributed by atoms with Gasteiger partial charge < -0.3 is 15.1 Å². The fourth-order valence-corrected chi connectivity index (χ4v) is 5.96. The molecular formula is C27H38N2O2. The third-order valence-corrected chi connectivity index (χ3v) is 7.44. The summed E-state index contributed by atoms with van der Waals surface area (Å²) >= 11 is 0. The van der Waals surface area contributed by atoms with Crippen molar-refractivity contribution in [2.24, 2.45) is 0 Å². The normalized spacial score (nSPS) is 26.1. The van der Waals surface area contributed by atoms with Crippen LogP contribution in [0.2, 0.25) is 0 Å². The summed E-state index contributed by atoms with van der Waals surface area (Å²) in [5.41, 5.74) is 5.41. The summed E-state index contributed by atoms with van der Waals surface area (Å²) in [6, 6.07) is 8.64. The van der Waals surface area contributed by atoms with Gasteiger partial charge in [0, 0.05) is 29.8 Å². The standard InChI is InChI=1S/C27H38N2O2/c1-17(2)19-9-11-20(12-10-19)23-22(21-8-7-13-27(5,31)14-21)18(3)28-25(24(23)30)26(4)15-29(6)16-26/h9-12,17,21,30-31H,7-8,13-16H2,1-6H3. The van der Waals surface area contributed by atoms with E-state index < -0.39 is 5.60 Å². The molecule has 2 unspecified atom stereocenters. The molecule has 2 N–H and O–H groups in total. The lowest BCUT2D eigenvalue weighted by molar-refractivity contribution is 0.0143. The van der Waals surface area contributed by atoms with Crippen molar-refractivity contribution in [2.45, 2.75) is 83.2 Å². The lowest BCUT2D eigenvalue weighted by Gasteiger charge is -2.46. The van der Waals surface area contributed by atoms with E-state index in [1.54, 1.807) is 0 Å². The summed E-state index contributed by atoms with van der Waals surface area (Å²) in [7, 11) is 2.11. The Morgan fingerprint density at radius 3 is 2.32 bits per heavy atom. The number of aromatic hydroxyl groups is 1. The summed E-state index contributed by atoms with van der Waals surface area (Å²) in [6.45, 7) is 12.4. The molecule has 0 spiro atoms. The summed E-state index contributed by atoms with van der Waals surface area (Å²) in [5, 5.41) is 22.4. The molecule has 2 fully saturated rings. The molecular weight excluding hydrogens is 384 g/mol. The highest BCUT2D eigenvalue weighted by Gasteiger charge is 2.43. The zero-order valence-corrected chi connectivity index (χ0v) is 20.0. The van der Waals surface area contributed by atoms with Crippen molar-refractivity contribution in [1.29, 1.82) is 0 Å². The van der Waals surface area contributed by atoms with Crippen LogP contribution in [0.4, 0.5) is 0 Å². The van der Waals surface area contributed by atoms with E-state index in [1.165, 1.54) is 5.56 Å². The molecule has 1 saturated heterocycles. The van der Waals surface area contributed by atoms with Crippen molar-refractivity contribution in [3.05, 3.63) is 46.8 Å². The lowest BCUT2D eigenvalue weighted by atomic mass is 9.72. The number of nitrogens with zero attached hydrogens (tertiary/aromatic N) is 2. The van der Waals surface area contributed by atoms with Gasteiger partial charge in [-0.1, -0.05) is 45.0 Å². The highest BCUT2D eigenvalue weighted by Crippen LogP contribution is 2.49. The van der Waals surface area contributed by atoms with E-state index in [-0.39, 0.29) is 11.3 Å². The molecule has 1 saturated carbocycles. The minimum atomic E-state index is -0.662. The number of aliphatic hydroxyl groups is 1. The molecule has 1 aliphatic carbocycles. The third-order valence-electron chi connectivity index (χ3n) is 7.44. The van der Waals surface area contributed by atoms with Crippen LogP contribution < -0.4 is 0 Å². The number of benzene rings is 1. The van der Waals surface area contributed by atoms with Gasteiger partial charge >= 0.3 is 0 Å². The fourth-order valence-electron chi connectivity index (χ4n) is 5.96. The topological polar surface area (TPSA) is 56.6 Å². The highest BCUT2D eigenvalue weighted by atomic mass is 16.3. The van der Waals surface area contributed by atoms with Crippen LogP contribution in [-0.4, -0.2) is 45.8 Å². The fraction of sp³-hybridized carbons (Fsp3) is 0.593. The van der Waals surface area contributed by atoms with Crippen LogP contribution in [0.3, 0.4) is 0 Å². The van der Waals surface area contributed by atoms with E-state index in [1.807, 2.05) is 6.92 Å². The van der Waals surface area contributed by atoms with Crippen molar-refractivity contribution in [2.75, 3.05) is 20.1 Å². The van der Waals surface area contributed by atoms with Gasteiger partial charge in [-0.15, -0.1) is 0 Å². The first-order chi connectivity index (χ1) is 14.5. The van der Waals surface area contributed by atoms with Crippen molar-refractivity contribution in [3.8, 4) is 16.9 Å². The summed E-state index contributed by atoms with van der Waals surface area (Å²) in [5.74, 6) is 1.00.